The van der Waals surface area contributed by atoms with Gasteiger partial charge in [-0.25, -0.2) is 9.78 Å². The van der Waals surface area contributed by atoms with Gasteiger partial charge >= 0.3 is 6.09 Å². The Bertz CT molecular complexity index is 1280. The van der Waals surface area contributed by atoms with E-state index in [-0.39, 0.29) is 24.6 Å². The quantitative estimate of drug-likeness (QED) is 0.539. The molecule has 2 aromatic heterocycles. The predicted octanol–water partition coefficient (Wildman–Crippen LogP) is 4.16. The SMILES string of the molecule is CC(C)(C)OC(=O)N1CC2(CC(NC(=O)Cn3cnc(-c4ccc(Cl)cc4)c3-c3ccncc3)CO2)C1. The van der Waals surface area contributed by atoms with Gasteiger partial charge in [-0.05, 0) is 45.0 Å². The number of likely N-dealkylation sites (tertiary alicyclic amines) is 1. The van der Waals surface area contributed by atoms with Gasteiger partial charge in [0.1, 0.15) is 17.7 Å². The first-order valence-corrected chi connectivity index (χ1v) is 12.6. The van der Waals surface area contributed by atoms with E-state index in [2.05, 4.69) is 15.3 Å². The standard InChI is InChI=1S/C27H30ClN5O4/c1-26(2,3)37-25(35)33-15-27(16-33)12-21(14-36-27)31-22(34)13-32-17-30-23(18-4-6-20(28)7-5-18)24(32)19-8-10-29-11-9-19/h4-11,17,21H,12-16H2,1-3H3,(H,31,34). The first-order chi connectivity index (χ1) is 17.6. The molecule has 2 fully saturated rings. The van der Waals surface area contributed by atoms with Crippen molar-refractivity contribution in [3.63, 3.8) is 0 Å². The molecular formula is C27H30ClN5O4. The summed E-state index contributed by atoms with van der Waals surface area (Å²) >= 11 is 6.07. The van der Waals surface area contributed by atoms with Gasteiger partial charge < -0.3 is 24.3 Å². The van der Waals surface area contributed by atoms with Crippen LogP contribution in [0, 0.1) is 0 Å². The van der Waals surface area contributed by atoms with Crippen LogP contribution in [0.25, 0.3) is 22.5 Å². The molecule has 4 heterocycles. The summed E-state index contributed by atoms with van der Waals surface area (Å²) < 4.78 is 13.3. The molecule has 0 aliphatic carbocycles. The number of hydrogen-bond acceptors (Lipinski definition) is 6. The summed E-state index contributed by atoms with van der Waals surface area (Å²) in [6.07, 6.45) is 5.42. The Morgan fingerprint density at radius 3 is 2.51 bits per heavy atom. The highest BCUT2D eigenvalue weighted by Crippen LogP contribution is 2.36. The van der Waals surface area contributed by atoms with Crippen LogP contribution in [0.15, 0.2) is 55.1 Å². The van der Waals surface area contributed by atoms with Crippen molar-refractivity contribution in [3.8, 4) is 22.5 Å². The van der Waals surface area contributed by atoms with Crippen molar-refractivity contribution in [1.82, 2.24) is 24.8 Å². The van der Waals surface area contributed by atoms with Crippen LogP contribution in [0.2, 0.25) is 5.02 Å². The monoisotopic (exact) mass is 523 g/mol. The van der Waals surface area contributed by atoms with Gasteiger partial charge in [-0.1, -0.05) is 23.7 Å². The zero-order chi connectivity index (χ0) is 26.2. The van der Waals surface area contributed by atoms with E-state index in [4.69, 9.17) is 21.1 Å². The molecule has 3 aromatic rings. The highest BCUT2D eigenvalue weighted by atomic mass is 35.5. The van der Waals surface area contributed by atoms with Crippen LogP contribution in [-0.2, 0) is 20.8 Å². The van der Waals surface area contributed by atoms with Crippen molar-refractivity contribution in [2.75, 3.05) is 19.7 Å². The molecule has 2 aliphatic rings. The highest BCUT2D eigenvalue weighted by molar-refractivity contribution is 6.30. The molecule has 1 atom stereocenters. The van der Waals surface area contributed by atoms with E-state index in [9.17, 15) is 9.59 Å². The van der Waals surface area contributed by atoms with Crippen LogP contribution in [0.3, 0.4) is 0 Å². The van der Waals surface area contributed by atoms with Gasteiger partial charge in [0.05, 0.1) is 43.5 Å². The third-order valence-corrected chi connectivity index (χ3v) is 6.66. The lowest BCUT2D eigenvalue weighted by molar-refractivity contribution is -0.122. The summed E-state index contributed by atoms with van der Waals surface area (Å²) in [7, 11) is 0. The minimum absolute atomic E-state index is 0.103. The Hall–Kier alpha value is -3.43. The normalized spacial score (nSPS) is 18.5. The van der Waals surface area contributed by atoms with Gasteiger partial charge in [0.2, 0.25) is 5.91 Å². The lowest BCUT2D eigenvalue weighted by Crippen LogP contribution is -2.64. The number of nitrogens with zero attached hydrogens (tertiary/aromatic N) is 4. The van der Waals surface area contributed by atoms with Gasteiger partial charge in [-0.3, -0.25) is 9.78 Å². The van der Waals surface area contributed by atoms with E-state index in [0.29, 0.717) is 31.1 Å². The number of hydrogen-bond donors (Lipinski definition) is 1. The van der Waals surface area contributed by atoms with E-state index in [0.717, 1.165) is 22.5 Å². The van der Waals surface area contributed by atoms with Crippen molar-refractivity contribution < 1.29 is 19.1 Å². The van der Waals surface area contributed by atoms with Gasteiger partial charge in [0.25, 0.3) is 0 Å². The summed E-state index contributed by atoms with van der Waals surface area (Å²) in [5.41, 5.74) is 2.43. The Balaban J connectivity index is 1.24. The summed E-state index contributed by atoms with van der Waals surface area (Å²) in [5, 5.41) is 3.73. The summed E-state index contributed by atoms with van der Waals surface area (Å²) in [6, 6.07) is 11.1. The zero-order valence-corrected chi connectivity index (χ0v) is 21.9. The number of aromatic nitrogens is 3. The molecule has 5 rings (SSSR count). The first-order valence-electron chi connectivity index (χ1n) is 12.2. The average Bonchev–Trinajstić information content (AvgIpc) is 3.43. The fraction of sp³-hybridized carbons (Fsp3) is 0.407. The Morgan fingerprint density at radius 2 is 1.84 bits per heavy atom. The Labute approximate surface area is 220 Å². The van der Waals surface area contributed by atoms with Crippen LogP contribution in [0.5, 0.6) is 0 Å². The zero-order valence-electron chi connectivity index (χ0n) is 21.1. The lowest BCUT2D eigenvalue weighted by atomic mass is 9.90. The van der Waals surface area contributed by atoms with Crippen LogP contribution < -0.4 is 5.32 Å². The number of carbonyl (C=O) groups is 2. The number of rotatable bonds is 5. The molecule has 1 unspecified atom stereocenters. The first kappa shape index (κ1) is 25.2. The van der Waals surface area contributed by atoms with Gasteiger partial charge in [-0.2, -0.15) is 0 Å². The van der Waals surface area contributed by atoms with E-state index < -0.39 is 11.2 Å². The molecule has 1 N–H and O–H groups in total. The number of imidazole rings is 1. The number of carbonyl (C=O) groups excluding carboxylic acids is 2. The highest BCUT2D eigenvalue weighted by Gasteiger charge is 2.52. The maximum atomic E-state index is 13.1. The maximum absolute atomic E-state index is 13.1. The van der Waals surface area contributed by atoms with E-state index in [1.54, 1.807) is 23.6 Å². The predicted molar refractivity (Wildman–Crippen MR) is 139 cm³/mol. The van der Waals surface area contributed by atoms with E-state index >= 15 is 0 Å². The second-order valence-corrected chi connectivity index (χ2v) is 11.0. The number of amides is 2. The Kier molecular flexibility index (Phi) is 6.68. The summed E-state index contributed by atoms with van der Waals surface area (Å²) in [4.78, 5) is 35.7. The number of halogens is 1. The summed E-state index contributed by atoms with van der Waals surface area (Å²) in [6.45, 7) is 6.97. The molecule has 2 saturated heterocycles. The molecular weight excluding hydrogens is 494 g/mol. The van der Waals surface area contributed by atoms with E-state index in [1.165, 1.54) is 0 Å². The second-order valence-electron chi connectivity index (χ2n) is 10.6. The lowest BCUT2D eigenvalue weighted by Gasteiger charge is -2.46. The van der Waals surface area contributed by atoms with Crippen LogP contribution in [-0.4, -0.2) is 68.4 Å². The smallest absolute Gasteiger partial charge is 0.410 e. The molecule has 2 amide bonds. The number of nitrogens with one attached hydrogen (secondary N) is 1. The molecule has 2 aliphatic heterocycles. The van der Waals surface area contributed by atoms with Crippen molar-refractivity contribution >= 4 is 23.6 Å². The molecule has 9 nitrogen and oxygen atoms in total. The fourth-order valence-electron chi connectivity index (χ4n) is 4.82. The second kappa shape index (κ2) is 9.79. The molecule has 0 bridgehead atoms. The van der Waals surface area contributed by atoms with Crippen LogP contribution >= 0.6 is 11.6 Å². The Morgan fingerprint density at radius 1 is 1.14 bits per heavy atom. The molecule has 1 spiro atoms. The van der Waals surface area contributed by atoms with Crippen LogP contribution in [0.1, 0.15) is 27.2 Å². The largest absolute Gasteiger partial charge is 0.444 e. The van der Waals surface area contributed by atoms with Gasteiger partial charge in [0.15, 0.2) is 0 Å². The van der Waals surface area contributed by atoms with Gasteiger partial charge in [0, 0.05) is 35.0 Å². The van der Waals surface area contributed by atoms with Crippen molar-refractivity contribution in [1.29, 1.82) is 0 Å². The molecule has 0 saturated carbocycles. The number of pyridine rings is 1. The van der Waals surface area contributed by atoms with Gasteiger partial charge in [-0.15, -0.1) is 0 Å². The minimum Gasteiger partial charge on any atom is -0.444 e. The third kappa shape index (κ3) is 5.62. The molecule has 37 heavy (non-hydrogen) atoms. The average molecular weight is 524 g/mol. The maximum Gasteiger partial charge on any atom is 0.410 e. The fourth-order valence-corrected chi connectivity index (χ4v) is 4.95. The minimum atomic E-state index is -0.539. The van der Waals surface area contributed by atoms with Crippen molar-refractivity contribution in [2.45, 2.75) is 51.0 Å². The van der Waals surface area contributed by atoms with E-state index in [1.807, 2.05) is 61.7 Å². The number of benzene rings is 1. The molecule has 194 valence electrons. The topological polar surface area (TPSA) is 98.6 Å². The van der Waals surface area contributed by atoms with Crippen molar-refractivity contribution in [3.05, 3.63) is 60.1 Å². The molecule has 10 heteroatoms. The molecule has 0 radical (unpaired) electrons. The third-order valence-electron chi connectivity index (χ3n) is 6.41. The molecule has 1 aromatic carbocycles. The van der Waals surface area contributed by atoms with Crippen LogP contribution in [0.4, 0.5) is 4.79 Å². The summed E-state index contributed by atoms with van der Waals surface area (Å²) in [5.74, 6) is -0.135. The number of ether oxygens (including phenoxy) is 2. The van der Waals surface area contributed by atoms with Crippen molar-refractivity contribution in [2.24, 2.45) is 0 Å².